The summed E-state index contributed by atoms with van der Waals surface area (Å²) in [6, 6.07) is 9.07. The predicted molar refractivity (Wildman–Crippen MR) is 122 cm³/mol. The van der Waals surface area contributed by atoms with Crippen molar-refractivity contribution < 1.29 is 18.9 Å². The van der Waals surface area contributed by atoms with E-state index in [-0.39, 0.29) is 5.56 Å². The molecule has 8 nitrogen and oxygen atoms in total. The van der Waals surface area contributed by atoms with Gasteiger partial charge in [0, 0.05) is 15.6 Å². The van der Waals surface area contributed by atoms with Crippen molar-refractivity contribution in [2.75, 3.05) is 28.4 Å². The minimum atomic E-state index is -0.256. The lowest BCUT2D eigenvalue weighted by atomic mass is 10.1. The van der Waals surface area contributed by atoms with Crippen molar-refractivity contribution in [3.8, 4) is 34.4 Å². The zero-order valence-electron chi connectivity index (χ0n) is 17.1. The fraction of sp³-hybridized carbons (Fsp3) is 0.190. The summed E-state index contributed by atoms with van der Waals surface area (Å²) in [7, 11) is 6.20. The van der Waals surface area contributed by atoms with Gasteiger partial charge >= 0.3 is 0 Å². The van der Waals surface area contributed by atoms with E-state index in [0.29, 0.717) is 43.9 Å². The lowest BCUT2D eigenvalue weighted by molar-refractivity contribution is 0.324. The van der Waals surface area contributed by atoms with Gasteiger partial charge in [-0.2, -0.15) is 9.50 Å². The topological polar surface area (TPSA) is 84.2 Å². The first kappa shape index (κ1) is 21.1. The van der Waals surface area contributed by atoms with Crippen LogP contribution in [0.4, 0.5) is 0 Å². The van der Waals surface area contributed by atoms with E-state index >= 15 is 0 Å². The van der Waals surface area contributed by atoms with Crippen molar-refractivity contribution >= 4 is 38.3 Å². The summed E-state index contributed by atoms with van der Waals surface area (Å²) in [5.74, 6) is 2.48. The molecule has 2 aromatic carbocycles. The third-order valence-corrected chi connectivity index (χ3v) is 6.04. The van der Waals surface area contributed by atoms with Crippen molar-refractivity contribution in [2.24, 2.45) is 0 Å². The number of hydrogen-bond donors (Lipinski definition) is 0. The highest BCUT2D eigenvalue weighted by Crippen LogP contribution is 2.40. The van der Waals surface area contributed by atoms with Gasteiger partial charge in [0.15, 0.2) is 17.3 Å². The molecule has 0 radical (unpaired) electrons. The van der Waals surface area contributed by atoms with E-state index < -0.39 is 0 Å². The molecule has 2 aromatic heterocycles. The van der Waals surface area contributed by atoms with Crippen LogP contribution in [0.5, 0.6) is 23.0 Å². The van der Waals surface area contributed by atoms with Gasteiger partial charge in [0.25, 0.3) is 5.56 Å². The van der Waals surface area contributed by atoms with E-state index in [2.05, 4.69) is 26.0 Å². The van der Waals surface area contributed by atoms with Crippen LogP contribution in [0.3, 0.4) is 0 Å². The van der Waals surface area contributed by atoms with Gasteiger partial charge in [-0.3, -0.25) is 4.79 Å². The van der Waals surface area contributed by atoms with Crippen molar-refractivity contribution in [1.82, 2.24) is 14.6 Å². The van der Waals surface area contributed by atoms with E-state index in [1.54, 1.807) is 25.3 Å². The van der Waals surface area contributed by atoms with Crippen LogP contribution in [-0.4, -0.2) is 43.0 Å². The van der Waals surface area contributed by atoms with Crippen LogP contribution >= 0.6 is 27.3 Å². The molecule has 0 amide bonds. The SMILES string of the molecule is COc1ccc(Br)cc1/C=c1\sc2nc(-c3cc(OC)c(OC)c(OC)c3)nn2c1=O. The number of methoxy groups -OCH3 is 4. The molecule has 0 saturated carbocycles. The number of benzene rings is 2. The molecule has 0 bridgehead atoms. The summed E-state index contributed by atoms with van der Waals surface area (Å²) in [5, 5.41) is 4.40. The number of halogens is 1. The molecule has 0 fully saturated rings. The average molecular weight is 504 g/mol. The van der Waals surface area contributed by atoms with Gasteiger partial charge in [0.05, 0.1) is 33.0 Å². The Kier molecular flexibility index (Phi) is 5.84. The van der Waals surface area contributed by atoms with E-state index in [4.69, 9.17) is 18.9 Å². The van der Waals surface area contributed by atoms with Crippen molar-refractivity contribution in [2.45, 2.75) is 0 Å². The summed E-state index contributed by atoms with van der Waals surface area (Å²) in [6.45, 7) is 0. The standard InChI is InChI=1S/C21H18BrN3O5S/c1-27-14-6-5-13(22)7-11(14)10-17-20(26)25-21(31-17)23-19(24-25)12-8-15(28-2)18(30-4)16(9-12)29-3/h5-10H,1-4H3/b17-10-. The maximum absolute atomic E-state index is 12.9. The Morgan fingerprint density at radius 2 is 1.65 bits per heavy atom. The Morgan fingerprint density at radius 3 is 2.23 bits per heavy atom. The molecular formula is C21H18BrN3O5S. The molecule has 31 heavy (non-hydrogen) atoms. The van der Waals surface area contributed by atoms with Gasteiger partial charge < -0.3 is 18.9 Å². The van der Waals surface area contributed by atoms with Gasteiger partial charge in [0.1, 0.15) is 5.75 Å². The largest absolute Gasteiger partial charge is 0.496 e. The summed E-state index contributed by atoms with van der Waals surface area (Å²) < 4.78 is 24.2. The van der Waals surface area contributed by atoms with Crippen LogP contribution in [0.2, 0.25) is 0 Å². The molecule has 4 rings (SSSR count). The number of fused-ring (bicyclic) bond motifs is 1. The van der Waals surface area contributed by atoms with Gasteiger partial charge in [-0.05, 0) is 36.4 Å². The molecule has 160 valence electrons. The first-order valence-electron chi connectivity index (χ1n) is 9.04. The van der Waals surface area contributed by atoms with Gasteiger partial charge in [0.2, 0.25) is 10.7 Å². The molecule has 0 aliphatic rings. The highest BCUT2D eigenvalue weighted by Gasteiger charge is 2.18. The van der Waals surface area contributed by atoms with E-state index in [1.165, 1.54) is 37.2 Å². The second kappa shape index (κ2) is 8.56. The minimum absolute atomic E-state index is 0.256. The summed E-state index contributed by atoms with van der Waals surface area (Å²) in [5.41, 5.74) is 1.17. The van der Waals surface area contributed by atoms with Crippen molar-refractivity contribution in [3.63, 3.8) is 0 Å². The number of rotatable bonds is 6. The smallest absolute Gasteiger partial charge is 0.291 e. The predicted octanol–water partition coefficient (Wildman–Crippen LogP) is 3.16. The Bertz CT molecular complexity index is 1360. The Hall–Kier alpha value is -3.11. The van der Waals surface area contributed by atoms with E-state index in [9.17, 15) is 4.79 Å². The third kappa shape index (κ3) is 3.84. The van der Waals surface area contributed by atoms with Crippen LogP contribution < -0.4 is 29.0 Å². The molecule has 2 heterocycles. The number of nitrogens with zero attached hydrogens (tertiary/aromatic N) is 3. The summed E-state index contributed by atoms with van der Waals surface area (Å²) >= 11 is 4.69. The van der Waals surface area contributed by atoms with E-state index in [1.807, 2.05) is 18.2 Å². The third-order valence-electron chi connectivity index (χ3n) is 4.58. The van der Waals surface area contributed by atoms with Crippen LogP contribution in [0.15, 0.2) is 39.6 Å². The average Bonchev–Trinajstić information content (AvgIpc) is 3.32. The second-order valence-electron chi connectivity index (χ2n) is 6.35. The fourth-order valence-corrected chi connectivity index (χ4v) is 4.40. The molecule has 0 atom stereocenters. The number of thiazole rings is 1. The van der Waals surface area contributed by atoms with Gasteiger partial charge in [-0.25, -0.2) is 0 Å². The highest BCUT2D eigenvalue weighted by atomic mass is 79.9. The lowest BCUT2D eigenvalue weighted by Crippen LogP contribution is -2.23. The highest BCUT2D eigenvalue weighted by molar-refractivity contribution is 9.10. The van der Waals surface area contributed by atoms with Gasteiger partial charge in [-0.15, -0.1) is 5.10 Å². The van der Waals surface area contributed by atoms with Crippen molar-refractivity contribution in [3.05, 3.63) is 55.3 Å². The Balaban J connectivity index is 1.82. The maximum atomic E-state index is 12.9. The second-order valence-corrected chi connectivity index (χ2v) is 8.27. The van der Waals surface area contributed by atoms with Crippen LogP contribution in [0, 0.1) is 0 Å². The van der Waals surface area contributed by atoms with Crippen LogP contribution in [0.1, 0.15) is 5.56 Å². The zero-order valence-corrected chi connectivity index (χ0v) is 19.5. The molecule has 0 unspecified atom stereocenters. The quantitative estimate of drug-likeness (QED) is 0.399. The Labute approximate surface area is 189 Å². The number of hydrogen-bond acceptors (Lipinski definition) is 8. The summed E-state index contributed by atoms with van der Waals surface area (Å²) in [4.78, 5) is 17.9. The molecule has 0 saturated heterocycles. The summed E-state index contributed by atoms with van der Waals surface area (Å²) in [6.07, 6.45) is 1.77. The number of ether oxygens (including phenoxy) is 4. The molecular weight excluding hydrogens is 486 g/mol. The molecule has 0 aliphatic heterocycles. The molecule has 0 spiro atoms. The van der Waals surface area contributed by atoms with Crippen molar-refractivity contribution in [1.29, 1.82) is 0 Å². The molecule has 4 aromatic rings. The monoisotopic (exact) mass is 503 g/mol. The molecule has 0 N–H and O–H groups in total. The maximum Gasteiger partial charge on any atom is 0.291 e. The Morgan fingerprint density at radius 1 is 0.968 bits per heavy atom. The fourth-order valence-electron chi connectivity index (χ4n) is 3.13. The van der Waals surface area contributed by atoms with Crippen LogP contribution in [0.25, 0.3) is 22.4 Å². The normalized spacial score (nSPS) is 11.7. The number of aromatic nitrogens is 3. The zero-order chi connectivity index (χ0) is 22.1. The van der Waals surface area contributed by atoms with E-state index in [0.717, 1.165) is 10.0 Å². The first-order valence-corrected chi connectivity index (χ1v) is 10.6. The molecule has 0 aliphatic carbocycles. The molecule has 10 heteroatoms. The first-order chi connectivity index (χ1) is 15.0. The minimum Gasteiger partial charge on any atom is -0.496 e. The van der Waals surface area contributed by atoms with Crippen LogP contribution in [-0.2, 0) is 0 Å². The van der Waals surface area contributed by atoms with Gasteiger partial charge in [-0.1, -0.05) is 27.3 Å². The lowest BCUT2D eigenvalue weighted by Gasteiger charge is -2.12.